The van der Waals surface area contributed by atoms with Crippen molar-refractivity contribution in [3.8, 4) is 0 Å². The fourth-order valence-electron chi connectivity index (χ4n) is 0.991. The number of rotatable bonds is 2. The highest BCUT2D eigenvalue weighted by atomic mass is 16.1. The van der Waals surface area contributed by atoms with E-state index in [1.54, 1.807) is 6.92 Å². The van der Waals surface area contributed by atoms with Gasteiger partial charge < -0.3 is 0 Å². The first-order chi connectivity index (χ1) is 5.18. The van der Waals surface area contributed by atoms with Crippen LogP contribution in [0.2, 0.25) is 0 Å². The maximum atomic E-state index is 10.7. The van der Waals surface area contributed by atoms with Gasteiger partial charge in [-0.25, -0.2) is 0 Å². The number of carbonyl (C=O) groups excluding carboxylic acids is 1. The lowest BCUT2D eigenvalue weighted by Crippen LogP contribution is -2.04. The van der Waals surface area contributed by atoms with Crippen LogP contribution in [-0.4, -0.2) is 13.6 Å². The number of benzene rings is 1. The van der Waals surface area contributed by atoms with E-state index in [0.717, 1.165) is 5.56 Å². The van der Waals surface area contributed by atoms with E-state index in [1.807, 2.05) is 24.3 Å². The Kier molecular flexibility index (Phi) is 2.47. The number of Topliss-reactive ketones (excluding diaryl/α,β-unsaturated/α-hetero) is 1. The maximum Gasteiger partial charge on any atom is 0.134 e. The van der Waals surface area contributed by atoms with Crippen LogP contribution < -0.4 is 5.46 Å². The summed E-state index contributed by atoms with van der Waals surface area (Å²) in [5, 5.41) is 0. The van der Waals surface area contributed by atoms with Gasteiger partial charge in [0.25, 0.3) is 0 Å². The minimum absolute atomic E-state index is 0.163. The Morgan fingerprint density at radius 2 is 2.27 bits per heavy atom. The lowest BCUT2D eigenvalue weighted by molar-refractivity contribution is -0.116. The molecule has 0 N–H and O–H groups in total. The van der Waals surface area contributed by atoms with Crippen LogP contribution in [-0.2, 0) is 11.2 Å². The molecule has 0 atom stereocenters. The third-order valence-corrected chi connectivity index (χ3v) is 1.40. The summed E-state index contributed by atoms with van der Waals surface area (Å²) in [5.41, 5.74) is 1.70. The third-order valence-electron chi connectivity index (χ3n) is 1.40. The molecule has 0 aliphatic carbocycles. The van der Waals surface area contributed by atoms with Crippen LogP contribution >= 0.6 is 0 Å². The van der Waals surface area contributed by atoms with E-state index < -0.39 is 0 Å². The normalized spacial score (nSPS) is 9.55. The molecular formula is C9H9BO. The molecule has 2 radical (unpaired) electrons. The summed E-state index contributed by atoms with van der Waals surface area (Å²) in [6.45, 7) is 1.57. The van der Waals surface area contributed by atoms with Crippen molar-refractivity contribution in [2.24, 2.45) is 0 Å². The zero-order chi connectivity index (χ0) is 8.27. The average Bonchev–Trinajstić information content (AvgIpc) is 1.85. The highest BCUT2D eigenvalue weighted by Gasteiger charge is 1.95. The summed E-state index contributed by atoms with van der Waals surface area (Å²) in [6, 6.07) is 7.39. The Balaban J connectivity index is 2.79. The molecule has 0 amide bonds. The van der Waals surface area contributed by atoms with Crippen molar-refractivity contribution in [1.82, 2.24) is 0 Å². The fourth-order valence-corrected chi connectivity index (χ4v) is 0.991. The second-order valence-corrected chi connectivity index (χ2v) is 2.62. The van der Waals surface area contributed by atoms with Crippen LogP contribution in [0, 0.1) is 0 Å². The molecule has 0 fully saturated rings. The van der Waals surface area contributed by atoms with Gasteiger partial charge in [0.1, 0.15) is 13.6 Å². The summed E-state index contributed by atoms with van der Waals surface area (Å²) >= 11 is 0. The molecule has 0 aliphatic rings. The molecule has 1 aromatic carbocycles. The molecule has 0 aromatic heterocycles. The standard InChI is InChI=1S/C9H9BO/c1-7(11)5-8-3-2-4-9(10)6-8/h2-4,6H,5H2,1H3. The van der Waals surface area contributed by atoms with Crippen LogP contribution in [0.3, 0.4) is 0 Å². The number of hydrogen-bond donors (Lipinski definition) is 0. The first-order valence-electron chi connectivity index (χ1n) is 3.52. The first-order valence-corrected chi connectivity index (χ1v) is 3.52. The number of ketones is 1. The minimum atomic E-state index is 0.163. The zero-order valence-corrected chi connectivity index (χ0v) is 6.50. The molecule has 0 unspecified atom stereocenters. The molecule has 0 saturated heterocycles. The largest absolute Gasteiger partial charge is 0.300 e. The van der Waals surface area contributed by atoms with Gasteiger partial charge >= 0.3 is 0 Å². The van der Waals surface area contributed by atoms with E-state index in [0.29, 0.717) is 11.9 Å². The Hall–Kier alpha value is -1.05. The van der Waals surface area contributed by atoms with E-state index in [2.05, 4.69) is 0 Å². The van der Waals surface area contributed by atoms with Gasteiger partial charge in [0.2, 0.25) is 0 Å². The van der Waals surface area contributed by atoms with Crippen molar-refractivity contribution in [2.75, 3.05) is 0 Å². The Morgan fingerprint density at radius 3 is 2.82 bits per heavy atom. The molecule has 0 spiro atoms. The summed E-state index contributed by atoms with van der Waals surface area (Å²) in [4.78, 5) is 10.7. The van der Waals surface area contributed by atoms with Crippen molar-refractivity contribution in [2.45, 2.75) is 13.3 Å². The zero-order valence-electron chi connectivity index (χ0n) is 6.50. The molecule has 1 rings (SSSR count). The lowest BCUT2D eigenvalue weighted by Gasteiger charge is -1.98. The Morgan fingerprint density at radius 1 is 1.55 bits per heavy atom. The van der Waals surface area contributed by atoms with Gasteiger partial charge in [0.05, 0.1) is 0 Å². The molecular weight excluding hydrogens is 135 g/mol. The maximum absolute atomic E-state index is 10.7. The second-order valence-electron chi connectivity index (χ2n) is 2.62. The van der Waals surface area contributed by atoms with Gasteiger partial charge in [-0.3, -0.25) is 4.79 Å². The van der Waals surface area contributed by atoms with E-state index in [9.17, 15) is 4.79 Å². The predicted octanol–water partition coefficient (Wildman–Crippen LogP) is 0.612. The summed E-state index contributed by atoms with van der Waals surface area (Å²) in [6.07, 6.45) is 0.477. The van der Waals surface area contributed by atoms with Crippen LogP contribution in [0.15, 0.2) is 24.3 Å². The molecule has 0 bridgehead atoms. The highest BCUT2D eigenvalue weighted by molar-refractivity contribution is 6.32. The minimum Gasteiger partial charge on any atom is -0.300 e. The Bertz CT molecular complexity index is 268. The molecule has 54 valence electrons. The monoisotopic (exact) mass is 144 g/mol. The van der Waals surface area contributed by atoms with Crippen LogP contribution in [0.5, 0.6) is 0 Å². The van der Waals surface area contributed by atoms with Gasteiger partial charge in [0.15, 0.2) is 0 Å². The van der Waals surface area contributed by atoms with Crippen molar-refractivity contribution in [3.05, 3.63) is 29.8 Å². The molecule has 0 saturated carbocycles. The summed E-state index contributed by atoms with van der Waals surface area (Å²) in [7, 11) is 5.52. The Labute approximate surface area is 67.8 Å². The number of hydrogen-bond acceptors (Lipinski definition) is 1. The van der Waals surface area contributed by atoms with Gasteiger partial charge in [-0.15, -0.1) is 0 Å². The van der Waals surface area contributed by atoms with Crippen molar-refractivity contribution < 1.29 is 4.79 Å². The smallest absolute Gasteiger partial charge is 0.134 e. The fraction of sp³-hybridized carbons (Fsp3) is 0.222. The molecule has 2 heteroatoms. The summed E-state index contributed by atoms with van der Waals surface area (Å²) in [5.74, 6) is 0.163. The third kappa shape index (κ3) is 2.58. The van der Waals surface area contributed by atoms with Crippen molar-refractivity contribution >= 4 is 19.1 Å². The molecule has 1 nitrogen and oxygen atoms in total. The van der Waals surface area contributed by atoms with E-state index in [4.69, 9.17) is 7.85 Å². The molecule has 11 heavy (non-hydrogen) atoms. The highest BCUT2D eigenvalue weighted by Crippen LogP contribution is 1.97. The average molecular weight is 144 g/mol. The quantitative estimate of drug-likeness (QED) is 0.555. The first kappa shape index (κ1) is 8.06. The van der Waals surface area contributed by atoms with Crippen LogP contribution in [0.25, 0.3) is 0 Å². The van der Waals surface area contributed by atoms with Crippen molar-refractivity contribution in [1.29, 1.82) is 0 Å². The van der Waals surface area contributed by atoms with Crippen LogP contribution in [0.4, 0.5) is 0 Å². The molecule has 1 aromatic rings. The van der Waals surface area contributed by atoms with Gasteiger partial charge in [-0.2, -0.15) is 0 Å². The van der Waals surface area contributed by atoms with E-state index in [1.165, 1.54) is 0 Å². The summed E-state index contributed by atoms with van der Waals surface area (Å²) < 4.78 is 0. The van der Waals surface area contributed by atoms with Gasteiger partial charge in [0, 0.05) is 6.42 Å². The van der Waals surface area contributed by atoms with Gasteiger partial charge in [-0.1, -0.05) is 29.7 Å². The van der Waals surface area contributed by atoms with Gasteiger partial charge in [-0.05, 0) is 12.5 Å². The molecule has 0 heterocycles. The number of carbonyl (C=O) groups is 1. The second kappa shape index (κ2) is 3.38. The predicted molar refractivity (Wildman–Crippen MR) is 46.2 cm³/mol. The topological polar surface area (TPSA) is 17.1 Å². The van der Waals surface area contributed by atoms with Crippen molar-refractivity contribution in [3.63, 3.8) is 0 Å². The molecule has 0 aliphatic heterocycles. The van der Waals surface area contributed by atoms with E-state index >= 15 is 0 Å². The lowest BCUT2D eigenvalue weighted by atomic mass is 9.93. The SMILES string of the molecule is [B]c1cccc(CC(C)=O)c1. The van der Waals surface area contributed by atoms with E-state index in [-0.39, 0.29) is 5.78 Å². The van der Waals surface area contributed by atoms with Crippen LogP contribution in [0.1, 0.15) is 12.5 Å².